The number of hydrogen-bond acceptors (Lipinski definition) is 3. The fourth-order valence-corrected chi connectivity index (χ4v) is 3.54. The first kappa shape index (κ1) is 20.7. The molecule has 1 aliphatic rings. The van der Waals surface area contributed by atoms with E-state index in [2.05, 4.69) is 22.3 Å². The second-order valence-corrected chi connectivity index (χ2v) is 7.38. The first-order valence-electron chi connectivity index (χ1n) is 10.2. The van der Waals surface area contributed by atoms with Crippen LogP contribution in [0, 0.1) is 0 Å². The number of urea groups is 1. The van der Waals surface area contributed by atoms with Gasteiger partial charge in [-0.1, -0.05) is 48.5 Å². The molecule has 1 fully saturated rings. The third-order valence-electron chi connectivity index (χ3n) is 5.21. The summed E-state index contributed by atoms with van der Waals surface area (Å²) in [6, 6.07) is 20.1. The van der Waals surface area contributed by atoms with E-state index in [-0.39, 0.29) is 11.9 Å². The minimum Gasteiger partial charge on any atom is -0.370 e. The zero-order valence-corrected chi connectivity index (χ0v) is 17.1. The molecule has 0 unspecified atom stereocenters. The minimum atomic E-state index is -0.0848. The lowest BCUT2D eigenvalue weighted by atomic mass is 10.2. The van der Waals surface area contributed by atoms with Gasteiger partial charge in [-0.2, -0.15) is 0 Å². The lowest BCUT2D eigenvalue weighted by molar-refractivity contribution is -0.130. The van der Waals surface area contributed by atoms with Gasteiger partial charge in [0.1, 0.15) is 0 Å². The third-order valence-corrected chi connectivity index (χ3v) is 5.21. The number of hydrogen-bond donors (Lipinski definition) is 1. The highest BCUT2D eigenvalue weighted by Gasteiger charge is 2.19. The van der Waals surface area contributed by atoms with E-state index in [0.717, 1.165) is 31.6 Å². The SMILES string of the molecule is CN(Cc1ccccc1)C(=O)CCNC(=O)N1CCCN(c2ccccc2)CC1. The maximum atomic E-state index is 12.5. The standard InChI is InChI=1S/C23H30N4O2/c1-25(19-20-9-4-2-5-10-20)22(28)13-14-24-23(29)27-16-8-15-26(17-18-27)21-11-6-3-7-12-21/h2-7,9-12H,8,13-19H2,1H3,(H,24,29). The molecule has 0 aromatic heterocycles. The van der Waals surface area contributed by atoms with Crippen molar-refractivity contribution in [1.29, 1.82) is 0 Å². The molecule has 0 saturated carbocycles. The molecule has 3 amide bonds. The molecule has 29 heavy (non-hydrogen) atoms. The molecule has 154 valence electrons. The van der Waals surface area contributed by atoms with Gasteiger partial charge in [0.2, 0.25) is 5.91 Å². The molecule has 6 nitrogen and oxygen atoms in total. The van der Waals surface area contributed by atoms with Crippen LogP contribution in [0.4, 0.5) is 10.5 Å². The Labute approximate surface area is 173 Å². The molecule has 2 aromatic carbocycles. The summed E-state index contributed by atoms with van der Waals surface area (Å²) in [6.07, 6.45) is 1.24. The smallest absolute Gasteiger partial charge is 0.317 e. The van der Waals surface area contributed by atoms with Crippen LogP contribution < -0.4 is 10.2 Å². The predicted molar refractivity (Wildman–Crippen MR) is 116 cm³/mol. The van der Waals surface area contributed by atoms with Gasteiger partial charge in [-0.05, 0) is 24.1 Å². The summed E-state index contributed by atoms with van der Waals surface area (Å²) in [4.78, 5) is 30.7. The predicted octanol–water partition coefficient (Wildman–Crippen LogP) is 2.96. The van der Waals surface area contributed by atoms with Crippen molar-refractivity contribution in [3.05, 3.63) is 66.2 Å². The minimum absolute atomic E-state index is 0.0280. The van der Waals surface area contributed by atoms with Gasteiger partial charge in [0.05, 0.1) is 0 Å². The van der Waals surface area contributed by atoms with Crippen molar-refractivity contribution in [2.75, 3.05) is 44.7 Å². The molecule has 6 heteroatoms. The average molecular weight is 395 g/mol. The number of rotatable bonds is 6. The summed E-state index contributed by atoms with van der Waals surface area (Å²) in [5.41, 5.74) is 2.29. The van der Waals surface area contributed by atoms with Gasteiger partial charge in [-0.15, -0.1) is 0 Å². The molecule has 1 N–H and O–H groups in total. The number of carbonyl (C=O) groups is 2. The van der Waals surface area contributed by atoms with Crippen molar-refractivity contribution in [1.82, 2.24) is 15.1 Å². The molecular weight excluding hydrogens is 364 g/mol. The molecule has 0 bridgehead atoms. The van der Waals surface area contributed by atoms with E-state index in [1.54, 1.807) is 11.9 Å². The molecule has 0 aliphatic carbocycles. The number of para-hydroxylation sites is 1. The second-order valence-electron chi connectivity index (χ2n) is 7.38. The van der Waals surface area contributed by atoms with E-state index < -0.39 is 0 Å². The zero-order chi connectivity index (χ0) is 20.5. The first-order chi connectivity index (χ1) is 14.1. The number of amides is 3. The average Bonchev–Trinajstić information content (AvgIpc) is 3.01. The van der Waals surface area contributed by atoms with Gasteiger partial charge in [0, 0.05) is 58.4 Å². The lowest BCUT2D eigenvalue weighted by Gasteiger charge is -2.24. The number of carbonyl (C=O) groups excluding carboxylic acids is 2. The summed E-state index contributed by atoms with van der Waals surface area (Å²) < 4.78 is 0. The molecule has 1 saturated heterocycles. The number of benzene rings is 2. The van der Waals surface area contributed by atoms with Crippen LogP contribution in [0.15, 0.2) is 60.7 Å². The van der Waals surface area contributed by atoms with Crippen molar-refractivity contribution in [2.24, 2.45) is 0 Å². The van der Waals surface area contributed by atoms with Crippen LogP contribution in [0.5, 0.6) is 0 Å². The number of anilines is 1. The zero-order valence-electron chi connectivity index (χ0n) is 17.1. The van der Waals surface area contributed by atoms with Crippen LogP contribution in [-0.4, -0.2) is 61.5 Å². The quantitative estimate of drug-likeness (QED) is 0.820. The highest BCUT2D eigenvalue weighted by molar-refractivity contribution is 5.78. The van der Waals surface area contributed by atoms with Crippen molar-refractivity contribution in [3.63, 3.8) is 0 Å². The normalized spacial score (nSPS) is 14.2. The van der Waals surface area contributed by atoms with Crippen LogP contribution in [-0.2, 0) is 11.3 Å². The van der Waals surface area contributed by atoms with Crippen molar-refractivity contribution < 1.29 is 9.59 Å². The Bertz CT molecular complexity index is 782. The summed E-state index contributed by atoms with van der Waals surface area (Å²) in [5, 5.41) is 2.91. The molecule has 2 aromatic rings. The summed E-state index contributed by atoms with van der Waals surface area (Å²) in [5.74, 6) is 0.0280. The summed E-state index contributed by atoms with van der Waals surface area (Å²) in [6.45, 7) is 4.11. The molecule has 3 rings (SSSR count). The van der Waals surface area contributed by atoms with Crippen LogP contribution in [0.3, 0.4) is 0 Å². The lowest BCUT2D eigenvalue weighted by Crippen LogP contribution is -2.43. The van der Waals surface area contributed by atoms with Crippen molar-refractivity contribution >= 4 is 17.6 Å². The van der Waals surface area contributed by atoms with Crippen molar-refractivity contribution in [2.45, 2.75) is 19.4 Å². The van der Waals surface area contributed by atoms with Crippen molar-refractivity contribution in [3.8, 4) is 0 Å². The van der Waals surface area contributed by atoms with Gasteiger partial charge < -0.3 is 20.0 Å². The molecule has 0 spiro atoms. The first-order valence-corrected chi connectivity index (χ1v) is 10.2. The summed E-state index contributed by atoms with van der Waals surface area (Å²) in [7, 11) is 1.80. The largest absolute Gasteiger partial charge is 0.370 e. The van der Waals surface area contributed by atoms with Gasteiger partial charge >= 0.3 is 6.03 Å². The molecule has 0 radical (unpaired) electrons. The topological polar surface area (TPSA) is 55.9 Å². The Morgan fingerprint density at radius 2 is 1.62 bits per heavy atom. The second kappa shape index (κ2) is 10.5. The molecule has 1 heterocycles. The monoisotopic (exact) mass is 394 g/mol. The summed E-state index contributed by atoms with van der Waals surface area (Å²) >= 11 is 0. The Kier molecular flexibility index (Phi) is 7.50. The van der Waals surface area contributed by atoms with Gasteiger partial charge in [0.15, 0.2) is 0 Å². The fraction of sp³-hybridized carbons (Fsp3) is 0.391. The van der Waals surface area contributed by atoms with E-state index in [4.69, 9.17) is 0 Å². The molecule has 1 aliphatic heterocycles. The van der Waals surface area contributed by atoms with Crippen LogP contribution in [0.2, 0.25) is 0 Å². The Hall–Kier alpha value is -3.02. The fourth-order valence-electron chi connectivity index (χ4n) is 3.54. The van der Waals surface area contributed by atoms with E-state index in [1.807, 2.05) is 53.4 Å². The van der Waals surface area contributed by atoms with E-state index in [9.17, 15) is 9.59 Å². The highest BCUT2D eigenvalue weighted by atomic mass is 16.2. The Morgan fingerprint density at radius 3 is 2.34 bits per heavy atom. The maximum absolute atomic E-state index is 12.5. The molecular formula is C23H30N4O2. The van der Waals surface area contributed by atoms with E-state index in [0.29, 0.717) is 26.1 Å². The van der Waals surface area contributed by atoms with Crippen LogP contribution >= 0.6 is 0 Å². The van der Waals surface area contributed by atoms with Crippen LogP contribution in [0.25, 0.3) is 0 Å². The maximum Gasteiger partial charge on any atom is 0.317 e. The van der Waals surface area contributed by atoms with E-state index in [1.165, 1.54) is 5.69 Å². The Morgan fingerprint density at radius 1 is 0.931 bits per heavy atom. The third kappa shape index (κ3) is 6.24. The van der Waals surface area contributed by atoms with E-state index >= 15 is 0 Å². The van der Waals surface area contributed by atoms with Gasteiger partial charge in [-0.3, -0.25) is 4.79 Å². The number of nitrogens with zero attached hydrogens (tertiary/aromatic N) is 3. The van der Waals surface area contributed by atoms with Gasteiger partial charge in [0.25, 0.3) is 0 Å². The highest BCUT2D eigenvalue weighted by Crippen LogP contribution is 2.15. The number of nitrogens with one attached hydrogen (secondary N) is 1. The van der Waals surface area contributed by atoms with Gasteiger partial charge in [-0.25, -0.2) is 4.79 Å². The Balaban J connectivity index is 1.39. The van der Waals surface area contributed by atoms with Crippen LogP contribution in [0.1, 0.15) is 18.4 Å². The molecule has 0 atom stereocenters.